The number of aromatic nitrogens is 2. The van der Waals surface area contributed by atoms with E-state index in [1.807, 2.05) is 0 Å². The fourth-order valence-corrected chi connectivity index (χ4v) is 6.31. The number of nitrogens with one attached hydrogen (secondary N) is 3. The van der Waals surface area contributed by atoms with E-state index in [0.29, 0.717) is 28.1 Å². The molecule has 0 aliphatic carbocycles. The molecule has 0 unspecified atom stereocenters. The minimum atomic E-state index is -4.20. The number of carbonyl (C=O) groups excluding carboxylic acids is 1. The van der Waals surface area contributed by atoms with Crippen LogP contribution in [-0.4, -0.2) is 46.1 Å². The summed E-state index contributed by atoms with van der Waals surface area (Å²) in [6.45, 7) is 5.17. The summed E-state index contributed by atoms with van der Waals surface area (Å²) in [4.78, 5) is 20.6. The van der Waals surface area contributed by atoms with E-state index in [9.17, 15) is 21.6 Å². The summed E-state index contributed by atoms with van der Waals surface area (Å²) in [7, 11) is -6.44. The largest absolute Gasteiger partial charge is 0.478 e. The molecule has 2 heterocycles. The van der Waals surface area contributed by atoms with Gasteiger partial charge in [-0.15, -0.1) is 11.3 Å². The lowest BCUT2D eigenvalue weighted by molar-refractivity contribution is 0.102. The Hall–Kier alpha value is -3.23. The second-order valence-electron chi connectivity index (χ2n) is 7.35. The maximum atomic E-state index is 13.1. The van der Waals surface area contributed by atoms with Gasteiger partial charge in [-0.1, -0.05) is 6.07 Å². The molecule has 11 nitrogen and oxygen atoms in total. The van der Waals surface area contributed by atoms with Crippen LogP contribution in [0.1, 0.15) is 26.4 Å². The maximum Gasteiger partial charge on any atom is 0.267 e. The van der Waals surface area contributed by atoms with Crippen molar-refractivity contribution in [1.29, 1.82) is 0 Å². The maximum absolute atomic E-state index is 13.1. The van der Waals surface area contributed by atoms with Gasteiger partial charge in [0.15, 0.2) is 0 Å². The van der Waals surface area contributed by atoms with E-state index in [4.69, 9.17) is 4.74 Å². The second kappa shape index (κ2) is 9.56. The Bertz CT molecular complexity index is 1470. The Balaban J connectivity index is 1.96. The van der Waals surface area contributed by atoms with E-state index in [0.717, 1.165) is 17.6 Å². The zero-order valence-corrected chi connectivity index (χ0v) is 21.4. The molecule has 0 spiro atoms. The molecule has 3 N–H and O–H groups in total. The van der Waals surface area contributed by atoms with E-state index in [-0.39, 0.29) is 21.5 Å². The van der Waals surface area contributed by atoms with Gasteiger partial charge in [-0.3, -0.25) is 14.2 Å². The number of aryl methyl sites for hydroxylation is 2. The number of ether oxygens (including phenoxy) is 1. The number of rotatable bonds is 8. The monoisotopic (exact) mass is 525 g/mol. The van der Waals surface area contributed by atoms with Crippen molar-refractivity contribution < 1.29 is 26.4 Å². The van der Waals surface area contributed by atoms with Gasteiger partial charge in [0.1, 0.15) is 9.77 Å². The van der Waals surface area contributed by atoms with Gasteiger partial charge in [0.05, 0.1) is 19.1 Å². The fourth-order valence-electron chi connectivity index (χ4n) is 3.29. The standard InChI is InChI=1S/C20H23N5O6S3/c1-11-10-12(2)16(24-33(5,27)28)13(3)15(11)23-19(26)17-14(6-9-32-17)34(29,30)25-18-20(31-4)22-8-7-21-18/h6-10,24H,1-5H3,(H,21,25)(H,23,26). The van der Waals surface area contributed by atoms with Crippen LogP contribution in [-0.2, 0) is 20.0 Å². The molecule has 1 aromatic carbocycles. The lowest BCUT2D eigenvalue weighted by Gasteiger charge is -2.18. The molecule has 0 fully saturated rings. The van der Waals surface area contributed by atoms with Crippen LogP contribution in [0.4, 0.5) is 17.2 Å². The van der Waals surface area contributed by atoms with Gasteiger partial charge in [0.25, 0.3) is 21.8 Å². The summed E-state index contributed by atoms with van der Waals surface area (Å²) in [6, 6.07) is 3.03. The summed E-state index contributed by atoms with van der Waals surface area (Å²) in [6.07, 6.45) is 3.68. The molecule has 3 aromatic rings. The summed E-state index contributed by atoms with van der Waals surface area (Å²) in [5, 5.41) is 4.20. The first kappa shape index (κ1) is 25.4. The van der Waals surface area contributed by atoms with Crippen molar-refractivity contribution in [2.75, 3.05) is 28.1 Å². The first-order valence-corrected chi connectivity index (χ1v) is 13.9. The van der Waals surface area contributed by atoms with Gasteiger partial charge in [0.2, 0.25) is 15.8 Å². The van der Waals surface area contributed by atoms with Crippen LogP contribution in [0.2, 0.25) is 0 Å². The van der Waals surface area contributed by atoms with E-state index in [1.165, 1.54) is 30.9 Å². The van der Waals surface area contributed by atoms with Crippen molar-refractivity contribution in [3.05, 3.63) is 51.5 Å². The highest BCUT2D eigenvalue weighted by molar-refractivity contribution is 7.93. The van der Waals surface area contributed by atoms with Crippen LogP contribution in [0.25, 0.3) is 0 Å². The third-order valence-electron chi connectivity index (χ3n) is 4.71. The molecule has 0 aliphatic heterocycles. The molecular weight excluding hydrogens is 502 g/mol. The highest BCUT2D eigenvalue weighted by Gasteiger charge is 2.27. The average Bonchev–Trinajstić information content (AvgIpc) is 3.25. The van der Waals surface area contributed by atoms with Crippen LogP contribution in [0, 0.1) is 20.8 Å². The van der Waals surface area contributed by atoms with E-state index in [1.54, 1.807) is 26.8 Å². The summed E-state index contributed by atoms with van der Waals surface area (Å²) in [5.41, 5.74) is 2.59. The molecule has 0 saturated carbocycles. The number of benzene rings is 1. The first-order valence-electron chi connectivity index (χ1n) is 9.69. The number of amides is 1. The Morgan fingerprint density at radius 3 is 2.29 bits per heavy atom. The van der Waals surface area contributed by atoms with Crippen molar-refractivity contribution in [2.45, 2.75) is 25.7 Å². The minimum absolute atomic E-state index is 0.0240. The Morgan fingerprint density at radius 1 is 1.00 bits per heavy atom. The molecule has 182 valence electrons. The van der Waals surface area contributed by atoms with E-state index >= 15 is 0 Å². The van der Waals surface area contributed by atoms with Gasteiger partial charge in [0, 0.05) is 18.1 Å². The quantitative estimate of drug-likeness (QED) is 0.405. The molecule has 0 atom stereocenters. The number of anilines is 3. The van der Waals surface area contributed by atoms with Crippen molar-refractivity contribution >= 4 is 54.5 Å². The number of hydrogen-bond acceptors (Lipinski definition) is 9. The van der Waals surface area contributed by atoms with Crippen molar-refractivity contribution in [1.82, 2.24) is 9.97 Å². The van der Waals surface area contributed by atoms with Crippen molar-refractivity contribution in [3.8, 4) is 5.88 Å². The zero-order chi connectivity index (χ0) is 25.3. The van der Waals surface area contributed by atoms with Crippen molar-refractivity contribution in [3.63, 3.8) is 0 Å². The number of sulfonamides is 2. The third kappa shape index (κ3) is 5.46. The first-order chi connectivity index (χ1) is 15.8. The Labute approximate surface area is 201 Å². The van der Waals surface area contributed by atoms with Crippen molar-refractivity contribution in [2.24, 2.45) is 0 Å². The fraction of sp³-hybridized carbons (Fsp3) is 0.250. The molecule has 1 amide bonds. The van der Waals surface area contributed by atoms with Crippen LogP contribution in [0.15, 0.2) is 34.8 Å². The molecule has 2 aromatic heterocycles. The molecule has 34 heavy (non-hydrogen) atoms. The van der Waals surface area contributed by atoms with Crippen LogP contribution in [0.5, 0.6) is 5.88 Å². The summed E-state index contributed by atoms with van der Waals surface area (Å²) in [5.74, 6) is -0.810. The molecule has 0 aliphatic rings. The predicted octanol–water partition coefficient (Wildman–Crippen LogP) is 2.90. The van der Waals surface area contributed by atoms with Gasteiger partial charge in [-0.05, 0) is 48.9 Å². The Morgan fingerprint density at radius 2 is 1.65 bits per heavy atom. The lowest BCUT2D eigenvalue weighted by atomic mass is 10.0. The van der Waals surface area contributed by atoms with Gasteiger partial charge < -0.3 is 10.1 Å². The molecule has 0 saturated heterocycles. The number of thiophene rings is 1. The summed E-state index contributed by atoms with van der Waals surface area (Å²) >= 11 is 0.943. The third-order valence-corrected chi connectivity index (χ3v) is 7.71. The normalized spacial score (nSPS) is 11.7. The second-order valence-corrected chi connectivity index (χ2v) is 11.7. The van der Waals surface area contributed by atoms with Crippen LogP contribution in [0.3, 0.4) is 0 Å². The SMILES string of the molecule is COc1nccnc1NS(=O)(=O)c1ccsc1C(=O)Nc1c(C)cc(C)c(NS(C)(=O)=O)c1C. The highest BCUT2D eigenvalue weighted by atomic mass is 32.2. The smallest absolute Gasteiger partial charge is 0.267 e. The Kier molecular flexibility index (Phi) is 7.14. The van der Waals surface area contributed by atoms with Gasteiger partial charge in [-0.25, -0.2) is 26.8 Å². The number of methoxy groups -OCH3 is 1. The molecule has 3 rings (SSSR count). The van der Waals surface area contributed by atoms with Gasteiger partial charge in [-0.2, -0.15) is 0 Å². The molecule has 14 heteroatoms. The number of hydrogen-bond donors (Lipinski definition) is 3. The minimum Gasteiger partial charge on any atom is -0.478 e. The van der Waals surface area contributed by atoms with Crippen LogP contribution >= 0.6 is 11.3 Å². The van der Waals surface area contributed by atoms with E-state index in [2.05, 4.69) is 24.7 Å². The van der Waals surface area contributed by atoms with E-state index < -0.39 is 26.0 Å². The molecule has 0 bridgehead atoms. The summed E-state index contributed by atoms with van der Waals surface area (Å²) < 4.78 is 59.3. The number of nitrogens with zero attached hydrogens (tertiary/aromatic N) is 2. The topological polar surface area (TPSA) is 156 Å². The van der Waals surface area contributed by atoms with Crippen LogP contribution < -0.4 is 19.5 Å². The number of carbonyl (C=O) groups is 1. The predicted molar refractivity (Wildman–Crippen MR) is 131 cm³/mol. The highest BCUT2D eigenvalue weighted by Crippen LogP contribution is 2.33. The average molecular weight is 526 g/mol. The zero-order valence-electron chi connectivity index (χ0n) is 19.0. The van der Waals surface area contributed by atoms with Gasteiger partial charge >= 0.3 is 0 Å². The molecule has 0 radical (unpaired) electrons. The lowest BCUT2D eigenvalue weighted by Crippen LogP contribution is -2.20. The molecular formula is C20H23N5O6S3.